The minimum Gasteiger partial charge on any atom is -0.477 e. The molecule has 122 valence electrons. The fourth-order valence-electron chi connectivity index (χ4n) is 3.24. The van der Waals surface area contributed by atoms with Crippen LogP contribution in [-0.4, -0.2) is 32.2 Å². The van der Waals surface area contributed by atoms with E-state index in [9.17, 15) is 14.3 Å². The Labute approximate surface area is 137 Å². The summed E-state index contributed by atoms with van der Waals surface area (Å²) in [7, 11) is 0. The van der Waals surface area contributed by atoms with Gasteiger partial charge in [0.2, 0.25) is 0 Å². The first-order valence-electron chi connectivity index (χ1n) is 7.73. The second kappa shape index (κ2) is 5.59. The van der Waals surface area contributed by atoms with Crippen LogP contribution in [0.1, 0.15) is 34.8 Å². The quantitative estimate of drug-likeness (QED) is 0.801. The van der Waals surface area contributed by atoms with E-state index in [-0.39, 0.29) is 17.4 Å². The smallest absolute Gasteiger partial charge is 0.341 e. The van der Waals surface area contributed by atoms with E-state index >= 15 is 0 Å². The fourth-order valence-corrected chi connectivity index (χ4v) is 3.24. The topological polar surface area (TPSA) is 70.7 Å². The van der Waals surface area contributed by atoms with Crippen LogP contribution >= 0.6 is 0 Å². The molecule has 1 atom stereocenters. The van der Waals surface area contributed by atoms with Gasteiger partial charge >= 0.3 is 5.97 Å². The molecule has 6 nitrogen and oxygen atoms in total. The molecule has 1 aromatic carbocycles. The summed E-state index contributed by atoms with van der Waals surface area (Å²) in [6, 6.07) is 8.44. The SMILES string of the molecule is O=C(O)c1cnn2ccc(N3CCC[C@@H]3c3ccc(F)cc3)nc12. The molecule has 3 heterocycles. The van der Waals surface area contributed by atoms with E-state index in [1.54, 1.807) is 18.3 Å². The zero-order valence-corrected chi connectivity index (χ0v) is 12.8. The van der Waals surface area contributed by atoms with E-state index in [1.165, 1.54) is 22.8 Å². The molecule has 0 unspecified atom stereocenters. The minimum absolute atomic E-state index is 0.0781. The van der Waals surface area contributed by atoms with Gasteiger partial charge in [0.1, 0.15) is 17.2 Å². The standard InChI is InChI=1S/C17H15FN4O2/c18-12-5-3-11(4-6-12)14-2-1-8-21(14)15-7-9-22-16(20-15)13(10-19-22)17(23)24/h3-7,9-10,14H,1-2,8H2,(H,23,24)/t14-/m1/s1. The van der Waals surface area contributed by atoms with Crippen LogP contribution in [0.5, 0.6) is 0 Å². The van der Waals surface area contributed by atoms with Crippen LogP contribution in [0.2, 0.25) is 0 Å². The van der Waals surface area contributed by atoms with Gasteiger partial charge in [-0.05, 0) is 36.6 Å². The molecule has 0 radical (unpaired) electrons. The van der Waals surface area contributed by atoms with Gasteiger partial charge in [0.05, 0.1) is 12.2 Å². The predicted octanol–water partition coefficient (Wildman–Crippen LogP) is 2.91. The Kier molecular flexibility index (Phi) is 3.41. The molecule has 3 aromatic rings. The molecule has 1 fully saturated rings. The van der Waals surface area contributed by atoms with Crippen LogP contribution in [-0.2, 0) is 0 Å². The van der Waals surface area contributed by atoms with Gasteiger partial charge in [0.15, 0.2) is 5.65 Å². The average molecular weight is 326 g/mol. The van der Waals surface area contributed by atoms with Crippen LogP contribution in [0.15, 0.2) is 42.7 Å². The number of rotatable bonds is 3. The predicted molar refractivity (Wildman–Crippen MR) is 85.7 cm³/mol. The molecule has 1 aliphatic rings. The molecule has 2 aromatic heterocycles. The second-order valence-corrected chi connectivity index (χ2v) is 5.82. The highest BCUT2D eigenvalue weighted by atomic mass is 19.1. The van der Waals surface area contributed by atoms with E-state index in [4.69, 9.17) is 0 Å². The summed E-state index contributed by atoms with van der Waals surface area (Å²) in [6.45, 7) is 0.821. The fraction of sp³-hybridized carbons (Fsp3) is 0.235. The lowest BCUT2D eigenvalue weighted by Gasteiger charge is -2.26. The Morgan fingerprint density at radius 1 is 1.25 bits per heavy atom. The molecular formula is C17H15FN4O2. The molecule has 0 amide bonds. The summed E-state index contributed by atoms with van der Waals surface area (Å²) >= 11 is 0. The lowest BCUT2D eigenvalue weighted by molar-refractivity contribution is 0.0699. The Morgan fingerprint density at radius 3 is 2.79 bits per heavy atom. The maximum absolute atomic E-state index is 13.2. The molecule has 0 aliphatic carbocycles. The molecule has 0 spiro atoms. The normalized spacial score (nSPS) is 17.5. The Bertz CT molecular complexity index is 907. The number of anilines is 1. The van der Waals surface area contributed by atoms with Gasteiger partial charge in [-0.25, -0.2) is 18.7 Å². The molecule has 0 saturated carbocycles. The van der Waals surface area contributed by atoms with E-state index in [0.717, 1.165) is 24.9 Å². The average Bonchev–Trinajstić information content (AvgIpc) is 3.21. The van der Waals surface area contributed by atoms with Crippen molar-refractivity contribution in [2.75, 3.05) is 11.4 Å². The number of hydrogen-bond donors (Lipinski definition) is 1. The first-order valence-corrected chi connectivity index (χ1v) is 7.73. The Hall–Kier alpha value is -2.96. The number of carboxylic acids is 1. The van der Waals surface area contributed by atoms with Gasteiger partial charge in [0, 0.05) is 12.7 Å². The van der Waals surface area contributed by atoms with Gasteiger partial charge < -0.3 is 10.0 Å². The number of aromatic nitrogens is 3. The van der Waals surface area contributed by atoms with Crippen LogP contribution in [0, 0.1) is 5.82 Å². The number of fused-ring (bicyclic) bond motifs is 1. The lowest BCUT2D eigenvalue weighted by atomic mass is 10.0. The monoisotopic (exact) mass is 326 g/mol. The van der Waals surface area contributed by atoms with Gasteiger partial charge in [-0.15, -0.1) is 0 Å². The largest absolute Gasteiger partial charge is 0.477 e. The highest BCUT2D eigenvalue weighted by molar-refractivity contribution is 5.94. The zero-order valence-electron chi connectivity index (χ0n) is 12.8. The van der Waals surface area contributed by atoms with Crippen molar-refractivity contribution in [1.29, 1.82) is 0 Å². The number of carboxylic acid groups (broad SMARTS) is 1. The minimum atomic E-state index is -1.05. The number of benzene rings is 1. The summed E-state index contributed by atoms with van der Waals surface area (Å²) in [5, 5.41) is 13.2. The molecule has 1 N–H and O–H groups in total. The van der Waals surface area contributed by atoms with Gasteiger partial charge in [-0.1, -0.05) is 12.1 Å². The maximum Gasteiger partial charge on any atom is 0.341 e. The van der Waals surface area contributed by atoms with Crippen molar-refractivity contribution < 1.29 is 14.3 Å². The summed E-state index contributed by atoms with van der Waals surface area (Å²) in [5.41, 5.74) is 1.43. The third kappa shape index (κ3) is 2.38. The molecule has 1 aliphatic heterocycles. The summed E-state index contributed by atoms with van der Waals surface area (Å²) in [4.78, 5) is 17.9. The van der Waals surface area contributed by atoms with Crippen molar-refractivity contribution in [3.8, 4) is 0 Å². The van der Waals surface area contributed by atoms with Crippen LogP contribution in [0.4, 0.5) is 10.2 Å². The van der Waals surface area contributed by atoms with E-state index in [0.29, 0.717) is 11.5 Å². The van der Waals surface area contributed by atoms with Crippen molar-refractivity contribution >= 4 is 17.4 Å². The molecule has 1 saturated heterocycles. The highest BCUT2D eigenvalue weighted by Gasteiger charge is 2.27. The molecule has 24 heavy (non-hydrogen) atoms. The molecule has 7 heteroatoms. The van der Waals surface area contributed by atoms with E-state index in [2.05, 4.69) is 15.0 Å². The number of nitrogens with zero attached hydrogens (tertiary/aromatic N) is 4. The first-order chi connectivity index (χ1) is 11.6. The molecule has 0 bridgehead atoms. The number of carbonyl (C=O) groups is 1. The van der Waals surface area contributed by atoms with Crippen molar-refractivity contribution in [2.24, 2.45) is 0 Å². The van der Waals surface area contributed by atoms with Crippen LogP contribution in [0.3, 0.4) is 0 Å². The van der Waals surface area contributed by atoms with Gasteiger partial charge in [-0.3, -0.25) is 0 Å². The van der Waals surface area contributed by atoms with E-state index < -0.39 is 5.97 Å². The lowest BCUT2D eigenvalue weighted by Crippen LogP contribution is -2.23. The third-order valence-electron chi connectivity index (χ3n) is 4.39. The van der Waals surface area contributed by atoms with Crippen molar-refractivity contribution in [3.63, 3.8) is 0 Å². The third-order valence-corrected chi connectivity index (χ3v) is 4.39. The number of halogens is 1. The summed E-state index contributed by atoms with van der Waals surface area (Å²) < 4.78 is 14.6. The summed E-state index contributed by atoms with van der Waals surface area (Å²) in [5.74, 6) is -0.600. The first kappa shape index (κ1) is 14.6. The molecule has 4 rings (SSSR count). The van der Waals surface area contributed by atoms with Crippen LogP contribution in [0.25, 0.3) is 5.65 Å². The maximum atomic E-state index is 13.2. The Balaban J connectivity index is 1.74. The highest BCUT2D eigenvalue weighted by Crippen LogP contribution is 2.35. The Morgan fingerprint density at radius 2 is 2.04 bits per heavy atom. The van der Waals surface area contributed by atoms with Crippen molar-refractivity contribution in [2.45, 2.75) is 18.9 Å². The molecular weight excluding hydrogens is 311 g/mol. The summed E-state index contributed by atoms with van der Waals surface area (Å²) in [6.07, 6.45) is 4.96. The van der Waals surface area contributed by atoms with Crippen molar-refractivity contribution in [1.82, 2.24) is 14.6 Å². The van der Waals surface area contributed by atoms with E-state index in [1.807, 2.05) is 6.07 Å². The van der Waals surface area contributed by atoms with Crippen molar-refractivity contribution in [3.05, 3.63) is 59.7 Å². The van der Waals surface area contributed by atoms with Gasteiger partial charge in [0.25, 0.3) is 0 Å². The zero-order chi connectivity index (χ0) is 16.7. The number of aromatic carboxylic acids is 1. The number of hydrogen-bond acceptors (Lipinski definition) is 4. The second-order valence-electron chi connectivity index (χ2n) is 5.82. The van der Waals surface area contributed by atoms with Gasteiger partial charge in [-0.2, -0.15) is 5.10 Å². The van der Waals surface area contributed by atoms with Crippen LogP contribution < -0.4 is 4.90 Å².